The molecule has 0 aliphatic rings. The van der Waals surface area contributed by atoms with E-state index >= 15 is 0 Å². The van der Waals surface area contributed by atoms with Gasteiger partial charge in [-0.25, -0.2) is 4.98 Å². The lowest BCUT2D eigenvalue weighted by atomic mass is 9.86. The molecule has 100 valence electrons. The fraction of sp³-hybridized carbons (Fsp3) is 0.583. The van der Waals surface area contributed by atoms with Gasteiger partial charge in [0.2, 0.25) is 0 Å². The zero-order valence-corrected chi connectivity index (χ0v) is 11.7. The minimum Gasteiger partial charge on any atom is -0.409 e. The van der Waals surface area contributed by atoms with E-state index in [0.29, 0.717) is 5.84 Å². The standard InChI is InChI=1S/C12H20N4OS/c1-12(2,11(13)16-17)5-3-4-8-18-10-9-14-6-7-15-10/h6-7,9,17H,3-5,8H2,1-2H3,(H2,13,16). The zero-order chi connectivity index (χ0) is 13.4. The van der Waals surface area contributed by atoms with Crippen molar-refractivity contribution in [2.75, 3.05) is 5.75 Å². The van der Waals surface area contributed by atoms with Crippen LogP contribution in [0.2, 0.25) is 0 Å². The smallest absolute Gasteiger partial charge is 0.144 e. The number of rotatable bonds is 7. The monoisotopic (exact) mass is 268 g/mol. The normalized spacial score (nSPS) is 12.7. The van der Waals surface area contributed by atoms with Crippen molar-refractivity contribution in [1.29, 1.82) is 0 Å². The number of nitrogens with zero attached hydrogens (tertiary/aromatic N) is 3. The molecule has 0 bridgehead atoms. The molecule has 0 aliphatic carbocycles. The molecule has 3 N–H and O–H groups in total. The van der Waals surface area contributed by atoms with Crippen LogP contribution in [0.4, 0.5) is 0 Å². The number of oxime groups is 1. The Balaban J connectivity index is 2.20. The average molecular weight is 268 g/mol. The van der Waals surface area contributed by atoms with Crippen molar-refractivity contribution in [2.24, 2.45) is 16.3 Å². The van der Waals surface area contributed by atoms with Gasteiger partial charge in [0.05, 0.1) is 6.20 Å². The summed E-state index contributed by atoms with van der Waals surface area (Å²) in [4.78, 5) is 8.21. The highest BCUT2D eigenvalue weighted by molar-refractivity contribution is 7.99. The highest BCUT2D eigenvalue weighted by atomic mass is 32.2. The summed E-state index contributed by atoms with van der Waals surface area (Å²) in [5, 5.41) is 12.7. The Morgan fingerprint density at radius 1 is 1.44 bits per heavy atom. The Morgan fingerprint density at radius 2 is 2.22 bits per heavy atom. The second-order valence-electron chi connectivity index (χ2n) is 4.72. The maximum absolute atomic E-state index is 8.67. The van der Waals surface area contributed by atoms with E-state index in [1.165, 1.54) is 0 Å². The Labute approximate surface area is 112 Å². The molecule has 1 aromatic rings. The summed E-state index contributed by atoms with van der Waals surface area (Å²) < 4.78 is 0. The lowest BCUT2D eigenvalue weighted by Crippen LogP contribution is -2.31. The van der Waals surface area contributed by atoms with Crippen LogP contribution in [0.5, 0.6) is 0 Å². The SMILES string of the molecule is CC(C)(CCCCSc1cnccn1)/C(N)=N/O. The van der Waals surface area contributed by atoms with Crippen LogP contribution >= 0.6 is 11.8 Å². The van der Waals surface area contributed by atoms with Crippen molar-refractivity contribution in [1.82, 2.24) is 9.97 Å². The first-order valence-corrected chi connectivity index (χ1v) is 6.91. The molecule has 0 spiro atoms. The van der Waals surface area contributed by atoms with Gasteiger partial charge in [-0.3, -0.25) is 4.98 Å². The van der Waals surface area contributed by atoms with Crippen LogP contribution in [0.1, 0.15) is 33.1 Å². The van der Waals surface area contributed by atoms with E-state index in [9.17, 15) is 0 Å². The van der Waals surface area contributed by atoms with Gasteiger partial charge in [0, 0.05) is 17.8 Å². The minimum atomic E-state index is -0.244. The third-order valence-electron chi connectivity index (χ3n) is 2.79. The summed E-state index contributed by atoms with van der Waals surface area (Å²) >= 11 is 1.70. The van der Waals surface area contributed by atoms with E-state index in [4.69, 9.17) is 10.9 Å². The summed E-state index contributed by atoms with van der Waals surface area (Å²) in [7, 11) is 0. The van der Waals surface area contributed by atoms with Crippen LogP contribution in [0.15, 0.2) is 28.8 Å². The third kappa shape index (κ3) is 4.91. The highest BCUT2D eigenvalue weighted by Gasteiger charge is 2.22. The fourth-order valence-corrected chi connectivity index (χ4v) is 2.30. The first-order chi connectivity index (χ1) is 8.56. The Bertz CT molecular complexity index is 381. The number of aromatic nitrogens is 2. The topological polar surface area (TPSA) is 84.4 Å². The number of hydrogen-bond donors (Lipinski definition) is 2. The molecule has 0 atom stereocenters. The Kier molecular flexibility index (Phi) is 5.91. The van der Waals surface area contributed by atoms with E-state index < -0.39 is 0 Å². The molecule has 1 rings (SSSR count). The van der Waals surface area contributed by atoms with Crippen molar-refractivity contribution >= 4 is 17.6 Å². The van der Waals surface area contributed by atoms with Crippen LogP contribution in [0.25, 0.3) is 0 Å². The van der Waals surface area contributed by atoms with Gasteiger partial charge in [0.25, 0.3) is 0 Å². The summed E-state index contributed by atoms with van der Waals surface area (Å²) in [6, 6.07) is 0. The molecule has 0 fully saturated rings. The molecular weight excluding hydrogens is 248 g/mol. The van der Waals surface area contributed by atoms with Gasteiger partial charge in [0.15, 0.2) is 0 Å². The lowest BCUT2D eigenvalue weighted by molar-refractivity contribution is 0.304. The largest absolute Gasteiger partial charge is 0.409 e. The molecule has 0 amide bonds. The first-order valence-electron chi connectivity index (χ1n) is 5.93. The van der Waals surface area contributed by atoms with E-state index in [-0.39, 0.29) is 5.41 Å². The van der Waals surface area contributed by atoms with Gasteiger partial charge in [-0.15, -0.1) is 11.8 Å². The van der Waals surface area contributed by atoms with Crippen LogP contribution < -0.4 is 5.73 Å². The Morgan fingerprint density at radius 3 is 2.83 bits per heavy atom. The van der Waals surface area contributed by atoms with Gasteiger partial charge in [-0.05, 0) is 18.6 Å². The predicted molar refractivity (Wildman–Crippen MR) is 73.8 cm³/mol. The predicted octanol–water partition coefficient (Wildman–Crippen LogP) is 2.51. The van der Waals surface area contributed by atoms with Crippen LogP contribution in [0.3, 0.4) is 0 Å². The van der Waals surface area contributed by atoms with Crippen LogP contribution in [-0.4, -0.2) is 26.8 Å². The number of thioether (sulfide) groups is 1. The Hall–Kier alpha value is -1.30. The second-order valence-corrected chi connectivity index (χ2v) is 5.83. The van der Waals surface area contributed by atoms with Crippen molar-refractivity contribution in [3.63, 3.8) is 0 Å². The van der Waals surface area contributed by atoms with Crippen LogP contribution in [0, 0.1) is 5.41 Å². The third-order valence-corrected chi connectivity index (χ3v) is 3.79. The fourth-order valence-electron chi connectivity index (χ4n) is 1.47. The molecule has 0 unspecified atom stereocenters. The molecule has 0 saturated carbocycles. The quantitative estimate of drug-likeness (QED) is 0.198. The van der Waals surface area contributed by atoms with Crippen molar-refractivity contribution in [2.45, 2.75) is 38.1 Å². The van der Waals surface area contributed by atoms with E-state index in [1.54, 1.807) is 30.4 Å². The van der Waals surface area contributed by atoms with Gasteiger partial charge in [0.1, 0.15) is 10.9 Å². The molecule has 1 heterocycles. The number of nitrogens with two attached hydrogens (primary N) is 1. The summed E-state index contributed by atoms with van der Waals surface area (Å²) in [5.41, 5.74) is 5.39. The van der Waals surface area contributed by atoms with Crippen molar-refractivity contribution in [3.05, 3.63) is 18.6 Å². The highest BCUT2D eigenvalue weighted by Crippen LogP contribution is 2.24. The van der Waals surface area contributed by atoms with Gasteiger partial charge >= 0.3 is 0 Å². The zero-order valence-electron chi connectivity index (χ0n) is 10.8. The number of unbranched alkanes of at least 4 members (excludes halogenated alkanes) is 1. The number of amidine groups is 1. The van der Waals surface area contributed by atoms with Gasteiger partial charge < -0.3 is 10.9 Å². The first kappa shape index (κ1) is 14.8. The lowest BCUT2D eigenvalue weighted by Gasteiger charge is -2.22. The molecule has 0 aliphatic heterocycles. The van der Waals surface area contributed by atoms with Gasteiger partial charge in [-0.2, -0.15) is 0 Å². The van der Waals surface area contributed by atoms with Gasteiger partial charge in [-0.1, -0.05) is 25.4 Å². The maximum Gasteiger partial charge on any atom is 0.144 e. The minimum absolute atomic E-state index is 0.244. The van der Waals surface area contributed by atoms with E-state index in [0.717, 1.165) is 30.0 Å². The van der Waals surface area contributed by atoms with Crippen molar-refractivity contribution < 1.29 is 5.21 Å². The average Bonchev–Trinajstić information content (AvgIpc) is 2.38. The summed E-state index contributed by atoms with van der Waals surface area (Å²) in [6.45, 7) is 3.97. The summed E-state index contributed by atoms with van der Waals surface area (Å²) in [6.07, 6.45) is 8.15. The molecule has 0 saturated heterocycles. The molecular formula is C12H20N4OS. The molecule has 0 radical (unpaired) electrons. The van der Waals surface area contributed by atoms with Crippen molar-refractivity contribution in [3.8, 4) is 0 Å². The molecule has 6 heteroatoms. The molecule has 18 heavy (non-hydrogen) atoms. The second kappa shape index (κ2) is 7.20. The van der Waals surface area contributed by atoms with E-state index in [1.807, 2.05) is 13.8 Å². The molecule has 0 aromatic carbocycles. The van der Waals surface area contributed by atoms with E-state index in [2.05, 4.69) is 15.1 Å². The number of hydrogen-bond acceptors (Lipinski definition) is 5. The molecule has 1 aromatic heterocycles. The maximum atomic E-state index is 8.67. The molecule has 5 nitrogen and oxygen atoms in total. The summed E-state index contributed by atoms with van der Waals surface area (Å²) in [5.74, 6) is 1.30. The van der Waals surface area contributed by atoms with Crippen LogP contribution in [-0.2, 0) is 0 Å².